The van der Waals surface area contributed by atoms with E-state index in [0.29, 0.717) is 12.4 Å². The highest BCUT2D eigenvalue weighted by Crippen LogP contribution is 2.24. The van der Waals surface area contributed by atoms with E-state index in [1.807, 2.05) is 12.1 Å². The van der Waals surface area contributed by atoms with Crippen molar-refractivity contribution >= 4 is 28.0 Å². The van der Waals surface area contributed by atoms with Crippen LogP contribution in [0.1, 0.15) is 18.4 Å². The maximum atomic E-state index is 10.5. The van der Waals surface area contributed by atoms with Crippen molar-refractivity contribution in [1.29, 1.82) is 0 Å². The number of carboxylic acids is 1. The first-order valence-corrected chi connectivity index (χ1v) is 6.89. The lowest BCUT2D eigenvalue weighted by molar-refractivity contribution is -0.131. The van der Waals surface area contributed by atoms with Gasteiger partial charge in [-0.05, 0) is 42.7 Å². The number of carboxylic acid groups (broad SMARTS) is 1. The number of halogens is 1. The molecule has 1 aromatic carbocycles. The van der Waals surface area contributed by atoms with E-state index in [0.717, 1.165) is 35.6 Å². The van der Waals surface area contributed by atoms with E-state index in [-0.39, 0.29) is 6.10 Å². The van der Waals surface area contributed by atoms with Crippen molar-refractivity contribution in [2.24, 2.45) is 0 Å². The van der Waals surface area contributed by atoms with Crippen LogP contribution in [0.3, 0.4) is 0 Å². The highest BCUT2D eigenvalue weighted by molar-refractivity contribution is 9.10. The molecule has 2 rings (SSSR count). The Morgan fingerprint density at radius 1 is 1.58 bits per heavy atom. The molecule has 1 aromatic rings. The lowest BCUT2D eigenvalue weighted by atomic mass is 10.2. The number of rotatable bonds is 5. The second-order valence-corrected chi connectivity index (χ2v) is 5.16. The van der Waals surface area contributed by atoms with Crippen LogP contribution in [0.2, 0.25) is 0 Å². The van der Waals surface area contributed by atoms with E-state index in [2.05, 4.69) is 15.9 Å². The van der Waals surface area contributed by atoms with Gasteiger partial charge in [0.15, 0.2) is 0 Å². The molecule has 1 aliphatic heterocycles. The van der Waals surface area contributed by atoms with Gasteiger partial charge in [-0.2, -0.15) is 0 Å². The van der Waals surface area contributed by atoms with Gasteiger partial charge in [0.1, 0.15) is 12.4 Å². The largest absolute Gasteiger partial charge is 0.491 e. The monoisotopic (exact) mass is 326 g/mol. The van der Waals surface area contributed by atoms with Crippen LogP contribution < -0.4 is 4.74 Å². The van der Waals surface area contributed by atoms with Gasteiger partial charge in [-0.15, -0.1) is 0 Å². The van der Waals surface area contributed by atoms with Gasteiger partial charge >= 0.3 is 5.97 Å². The molecular formula is C14H15BrO4. The fourth-order valence-corrected chi connectivity index (χ4v) is 2.24. The zero-order chi connectivity index (χ0) is 13.7. The number of hydrogen-bond acceptors (Lipinski definition) is 3. The second kappa shape index (κ2) is 6.73. The lowest BCUT2D eigenvalue weighted by Crippen LogP contribution is -2.16. The molecule has 1 heterocycles. The number of hydrogen-bond donors (Lipinski definition) is 1. The standard InChI is InChI=1S/C14H15BrO4/c15-13-5-4-11(8-10(13)3-6-14(16)17)19-9-12-2-1-7-18-12/h3-6,8,12H,1-2,7,9H2,(H,16,17)/b6-3+. The van der Waals surface area contributed by atoms with Gasteiger partial charge < -0.3 is 14.6 Å². The van der Waals surface area contributed by atoms with Crippen LogP contribution in [0.15, 0.2) is 28.7 Å². The average molecular weight is 327 g/mol. The van der Waals surface area contributed by atoms with Gasteiger partial charge in [0.2, 0.25) is 0 Å². The van der Waals surface area contributed by atoms with E-state index in [9.17, 15) is 4.79 Å². The Bertz CT molecular complexity index is 478. The molecular weight excluding hydrogens is 312 g/mol. The maximum absolute atomic E-state index is 10.5. The number of benzene rings is 1. The van der Waals surface area contributed by atoms with Crippen LogP contribution in [0, 0.1) is 0 Å². The molecule has 1 saturated heterocycles. The molecule has 1 N–H and O–H groups in total. The summed E-state index contributed by atoms with van der Waals surface area (Å²) in [5, 5.41) is 8.63. The van der Waals surface area contributed by atoms with E-state index < -0.39 is 5.97 Å². The molecule has 1 atom stereocenters. The summed E-state index contributed by atoms with van der Waals surface area (Å²) in [7, 11) is 0. The fourth-order valence-electron chi connectivity index (χ4n) is 1.87. The molecule has 0 amide bonds. The van der Waals surface area contributed by atoms with Gasteiger partial charge in [-0.25, -0.2) is 4.79 Å². The molecule has 1 fully saturated rings. The van der Waals surface area contributed by atoms with Crippen LogP contribution in [0.5, 0.6) is 5.75 Å². The first kappa shape index (κ1) is 14.1. The van der Waals surface area contributed by atoms with Crippen LogP contribution >= 0.6 is 15.9 Å². The van der Waals surface area contributed by atoms with Crippen molar-refractivity contribution in [2.45, 2.75) is 18.9 Å². The summed E-state index contributed by atoms with van der Waals surface area (Å²) in [5.41, 5.74) is 0.771. The summed E-state index contributed by atoms with van der Waals surface area (Å²) in [6, 6.07) is 5.49. The summed E-state index contributed by atoms with van der Waals surface area (Å²) in [6.45, 7) is 1.34. The molecule has 0 bridgehead atoms. The third-order valence-electron chi connectivity index (χ3n) is 2.83. The van der Waals surface area contributed by atoms with Crippen molar-refractivity contribution in [2.75, 3.05) is 13.2 Å². The summed E-state index contributed by atoms with van der Waals surface area (Å²) >= 11 is 3.37. The van der Waals surface area contributed by atoms with E-state index in [1.165, 1.54) is 6.08 Å². The second-order valence-electron chi connectivity index (χ2n) is 4.30. The predicted molar refractivity (Wildman–Crippen MR) is 75.3 cm³/mol. The fraction of sp³-hybridized carbons (Fsp3) is 0.357. The van der Waals surface area contributed by atoms with Crippen LogP contribution in [0.25, 0.3) is 6.08 Å². The molecule has 4 nitrogen and oxygen atoms in total. The molecule has 0 saturated carbocycles. The van der Waals surface area contributed by atoms with Gasteiger partial charge in [0.25, 0.3) is 0 Å². The number of aliphatic carboxylic acids is 1. The topological polar surface area (TPSA) is 55.8 Å². The lowest BCUT2D eigenvalue weighted by Gasteiger charge is -2.12. The Morgan fingerprint density at radius 3 is 3.11 bits per heavy atom. The Balaban J connectivity index is 2.00. The highest BCUT2D eigenvalue weighted by Gasteiger charge is 2.16. The molecule has 0 spiro atoms. The molecule has 5 heteroatoms. The highest BCUT2D eigenvalue weighted by atomic mass is 79.9. The molecule has 1 aliphatic rings. The molecule has 0 radical (unpaired) electrons. The zero-order valence-corrected chi connectivity index (χ0v) is 11.9. The first-order valence-electron chi connectivity index (χ1n) is 6.10. The molecule has 0 aliphatic carbocycles. The van der Waals surface area contributed by atoms with Gasteiger partial charge in [-0.1, -0.05) is 15.9 Å². The first-order chi connectivity index (χ1) is 9.15. The van der Waals surface area contributed by atoms with Crippen molar-refractivity contribution in [3.05, 3.63) is 34.3 Å². The smallest absolute Gasteiger partial charge is 0.328 e. The van der Waals surface area contributed by atoms with Gasteiger partial charge in [0.05, 0.1) is 6.10 Å². The Labute approximate surface area is 120 Å². The van der Waals surface area contributed by atoms with Crippen LogP contribution in [-0.4, -0.2) is 30.4 Å². The van der Waals surface area contributed by atoms with Crippen molar-refractivity contribution in [1.82, 2.24) is 0 Å². The quantitative estimate of drug-likeness (QED) is 0.845. The zero-order valence-electron chi connectivity index (χ0n) is 10.3. The SMILES string of the molecule is O=C(O)/C=C/c1cc(OCC2CCCO2)ccc1Br. The van der Waals surface area contributed by atoms with Crippen molar-refractivity contribution in [3.63, 3.8) is 0 Å². The Morgan fingerprint density at radius 2 is 2.42 bits per heavy atom. The Hall–Kier alpha value is -1.33. The molecule has 1 unspecified atom stereocenters. The summed E-state index contributed by atoms with van der Waals surface area (Å²) in [4.78, 5) is 10.5. The molecule has 0 aromatic heterocycles. The van der Waals surface area contributed by atoms with Gasteiger partial charge in [0, 0.05) is 17.2 Å². The number of ether oxygens (including phenoxy) is 2. The Kier molecular flexibility index (Phi) is 4.99. The summed E-state index contributed by atoms with van der Waals surface area (Å²) in [5.74, 6) is -0.263. The third kappa shape index (κ3) is 4.36. The summed E-state index contributed by atoms with van der Waals surface area (Å²) in [6.07, 6.45) is 4.92. The number of carbonyl (C=O) groups is 1. The van der Waals surface area contributed by atoms with E-state index >= 15 is 0 Å². The van der Waals surface area contributed by atoms with Gasteiger partial charge in [-0.3, -0.25) is 0 Å². The van der Waals surface area contributed by atoms with Crippen LogP contribution in [0.4, 0.5) is 0 Å². The predicted octanol–water partition coefficient (Wildman–Crippen LogP) is 3.10. The minimum absolute atomic E-state index is 0.168. The van der Waals surface area contributed by atoms with Crippen molar-refractivity contribution < 1.29 is 19.4 Å². The van der Waals surface area contributed by atoms with Crippen LogP contribution in [-0.2, 0) is 9.53 Å². The van der Waals surface area contributed by atoms with E-state index in [1.54, 1.807) is 6.07 Å². The normalized spacial score (nSPS) is 18.9. The average Bonchev–Trinajstić information content (AvgIpc) is 2.89. The molecule has 102 valence electrons. The molecule has 19 heavy (non-hydrogen) atoms. The summed E-state index contributed by atoms with van der Waals surface area (Å²) < 4.78 is 12.0. The minimum Gasteiger partial charge on any atom is -0.491 e. The van der Waals surface area contributed by atoms with Crippen molar-refractivity contribution in [3.8, 4) is 5.75 Å². The minimum atomic E-state index is -0.974. The van der Waals surface area contributed by atoms with E-state index in [4.69, 9.17) is 14.6 Å². The third-order valence-corrected chi connectivity index (χ3v) is 3.55. The maximum Gasteiger partial charge on any atom is 0.328 e.